The lowest BCUT2D eigenvalue weighted by molar-refractivity contribution is -0.147. The predicted octanol–water partition coefficient (Wildman–Crippen LogP) is -1.21. The fourth-order valence-electron chi connectivity index (χ4n) is 1.07. The average Bonchev–Trinajstić information content (AvgIpc) is 2.30. The number of aliphatic hydroxyl groups excluding tert-OH is 2. The molecule has 2 N–H and O–H groups in total. The van der Waals surface area contributed by atoms with Gasteiger partial charge >= 0.3 is 5.97 Å². The Kier molecular flexibility index (Phi) is 2.04. The lowest BCUT2D eigenvalue weighted by atomic mass is 9.86. The van der Waals surface area contributed by atoms with E-state index < -0.39 is 30.2 Å². The SMILES string of the molecule is C[C@]1(C#N)C(=O)OC(CO)C1O. The number of nitrogens with zero attached hydrogens (tertiary/aromatic N) is 1. The van der Waals surface area contributed by atoms with Crippen molar-refractivity contribution < 1.29 is 19.7 Å². The third-order valence-corrected chi connectivity index (χ3v) is 2.04. The Bertz CT molecular complexity index is 246. The number of esters is 1. The Morgan fingerprint density at radius 1 is 1.83 bits per heavy atom. The summed E-state index contributed by atoms with van der Waals surface area (Å²) in [5, 5.41) is 26.6. The maximum atomic E-state index is 11.0. The van der Waals surface area contributed by atoms with Crippen molar-refractivity contribution in [2.45, 2.75) is 19.1 Å². The van der Waals surface area contributed by atoms with Crippen molar-refractivity contribution in [1.82, 2.24) is 0 Å². The van der Waals surface area contributed by atoms with Crippen LogP contribution in [0.2, 0.25) is 0 Å². The Balaban J connectivity index is 2.93. The Morgan fingerprint density at radius 2 is 2.42 bits per heavy atom. The standard InChI is InChI=1S/C7H9NO4/c1-7(3-8)5(10)4(2-9)12-6(7)11/h4-5,9-10H,2H2,1H3/t4?,5?,7-/m1/s1. The molecule has 0 bridgehead atoms. The van der Waals surface area contributed by atoms with Gasteiger partial charge in [0.05, 0.1) is 12.7 Å². The number of hydrogen-bond donors (Lipinski definition) is 2. The molecule has 1 heterocycles. The van der Waals surface area contributed by atoms with Gasteiger partial charge in [-0.1, -0.05) is 0 Å². The van der Waals surface area contributed by atoms with Crippen LogP contribution in [-0.4, -0.2) is 35.0 Å². The molecule has 0 spiro atoms. The van der Waals surface area contributed by atoms with E-state index in [-0.39, 0.29) is 0 Å². The molecular weight excluding hydrogens is 162 g/mol. The van der Waals surface area contributed by atoms with E-state index in [9.17, 15) is 9.90 Å². The number of rotatable bonds is 1. The summed E-state index contributed by atoms with van der Waals surface area (Å²) in [6, 6.07) is 1.67. The van der Waals surface area contributed by atoms with Gasteiger partial charge in [-0.25, -0.2) is 0 Å². The van der Waals surface area contributed by atoms with Gasteiger partial charge in [-0.05, 0) is 6.92 Å². The van der Waals surface area contributed by atoms with Crippen molar-refractivity contribution in [3.05, 3.63) is 0 Å². The van der Waals surface area contributed by atoms with Gasteiger partial charge in [-0.2, -0.15) is 5.26 Å². The highest BCUT2D eigenvalue weighted by atomic mass is 16.6. The number of carbonyl (C=O) groups is 1. The van der Waals surface area contributed by atoms with Gasteiger partial charge in [0.2, 0.25) is 0 Å². The number of cyclic esters (lactones) is 1. The lowest BCUT2D eigenvalue weighted by Crippen LogP contribution is -2.36. The Morgan fingerprint density at radius 3 is 2.67 bits per heavy atom. The Hall–Kier alpha value is -1.12. The minimum atomic E-state index is -1.53. The molecule has 1 aliphatic rings. The van der Waals surface area contributed by atoms with Crippen LogP contribution in [0.4, 0.5) is 0 Å². The second kappa shape index (κ2) is 2.73. The molecule has 5 heteroatoms. The summed E-state index contributed by atoms with van der Waals surface area (Å²) in [6.07, 6.45) is -2.22. The second-order valence-corrected chi connectivity index (χ2v) is 2.89. The van der Waals surface area contributed by atoms with E-state index in [4.69, 9.17) is 10.4 Å². The molecular formula is C7H9NO4. The molecule has 0 aromatic heterocycles. The molecule has 5 nitrogen and oxygen atoms in total. The van der Waals surface area contributed by atoms with Crippen LogP contribution in [0.25, 0.3) is 0 Å². The van der Waals surface area contributed by atoms with Crippen LogP contribution < -0.4 is 0 Å². The fourth-order valence-corrected chi connectivity index (χ4v) is 1.07. The minimum Gasteiger partial charge on any atom is -0.456 e. The van der Waals surface area contributed by atoms with E-state index in [1.165, 1.54) is 6.92 Å². The van der Waals surface area contributed by atoms with E-state index in [2.05, 4.69) is 4.74 Å². The molecule has 0 aromatic carbocycles. The molecule has 0 amide bonds. The average molecular weight is 171 g/mol. The van der Waals surface area contributed by atoms with Gasteiger partial charge in [-0.15, -0.1) is 0 Å². The first-order valence-electron chi connectivity index (χ1n) is 3.47. The van der Waals surface area contributed by atoms with E-state index in [1.54, 1.807) is 6.07 Å². The van der Waals surface area contributed by atoms with Crippen LogP contribution in [0.1, 0.15) is 6.92 Å². The number of aliphatic hydroxyl groups is 2. The molecule has 1 aliphatic heterocycles. The number of hydrogen-bond acceptors (Lipinski definition) is 5. The van der Waals surface area contributed by atoms with Crippen LogP contribution in [0.3, 0.4) is 0 Å². The summed E-state index contributed by atoms with van der Waals surface area (Å²) in [7, 11) is 0. The van der Waals surface area contributed by atoms with Crippen LogP contribution in [0.15, 0.2) is 0 Å². The van der Waals surface area contributed by atoms with Gasteiger partial charge in [0, 0.05) is 0 Å². The van der Waals surface area contributed by atoms with E-state index >= 15 is 0 Å². The molecule has 1 rings (SSSR count). The maximum absolute atomic E-state index is 11.0. The lowest BCUT2D eigenvalue weighted by Gasteiger charge is -2.15. The summed E-state index contributed by atoms with van der Waals surface area (Å²) in [6.45, 7) is 0.819. The third kappa shape index (κ3) is 0.967. The zero-order valence-electron chi connectivity index (χ0n) is 6.52. The van der Waals surface area contributed by atoms with E-state index in [0.717, 1.165) is 0 Å². The van der Waals surface area contributed by atoms with Gasteiger partial charge in [0.1, 0.15) is 6.10 Å². The molecule has 0 radical (unpaired) electrons. The summed E-state index contributed by atoms with van der Waals surface area (Å²) in [4.78, 5) is 11.0. The van der Waals surface area contributed by atoms with Crippen LogP contribution in [0.5, 0.6) is 0 Å². The van der Waals surface area contributed by atoms with Gasteiger partial charge < -0.3 is 14.9 Å². The van der Waals surface area contributed by atoms with E-state index in [0.29, 0.717) is 0 Å². The molecule has 0 saturated carbocycles. The first-order valence-corrected chi connectivity index (χ1v) is 3.47. The van der Waals surface area contributed by atoms with Crippen LogP contribution in [-0.2, 0) is 9.53 Å². The number of carbonyl (C=O) groups excluding carboxylic acids is 1. The largest absolute Gasteiger partial charge is 0.456 e. The summed E-state index contributed by atoms with van der Waals surface area (Å²) < 4.78 is 4.57. The molecule has 1 saturated heterocycles. The van der Waals surface area contributed by atoms with Gasteiger partial charge in [0.15, 0.2) is 11.5 Å². The maximum Gasteiger partial charge on any atom is 0.329 e. The van der Waals surface area contributed by atoms with Crippen LogP contribution in [0, 0.1) is 16.7 Å². The van der Waals surface area contributed by atoms with Crippen LogP contribution >= 0.6 is 0 Å². The molecule has 2 unspecified atom stereocenters. The van der Waals surface area contributed by atoms with Gasteiger partial charge in [-0.3, -0.25) is 4.79 Å². The zero-order valence-corrected chi connectivity index (χ0v) is 6.52. The highest BCUT2D eigenvalue weighted by molar-refractivity contribution is 5.82. The molecule has 1 fully saturated rings. The monoisotopic (exact) mass is 171 g/mol. The van der Waals surface area contributed by atoms with E-state index in [1.807, 2.05) is 0 Å². The second-order valence-electron chi connectivity index (χ2n) is 2.89. The predicted molar refractivity (Wildman–Crippen MR) is 36.7 cm³/mol. The third-order valence-electron chi connectivity index (χ3n) is 2.04. The molecule has 66 valence electrons. The van der Waals surface area contributed by atoms with Gasteiger partial charge in [0.25, 0.3) is 0 Å². The highest BCUT2D eigenvalue weighted by Gasteiger charge is 2.54. The quantitative estimate of drug-likeness (QED) is 0.483. The van der Waals surface area contributed by atoms with Crippen molar-refractivity contribution in [1.29, 1.82) is 5.26 Å². The summed E-state index contributed by atoms with van der Waals surface area (Å²) >= 11 is 0. The first kappa shape index (κ1) is 8.97. The first-order chi connectivity index (χ1) is 5.56. The zero-order chi connectivity index (χ0) is 9.35. The molecule has 3 atom stereocenters. The Labute approximate surface area is 69.2 Å². The fraction of sp³-hybridized carbons (Fsp3) is 0.714. The van der Waals surface area contributed by atoms with Crippen molar-refractivity contribution in [2.75, 3.05) is 6.61 Å². The minimum absolute atomic E-state index is 0.468. The normalized spacial score (nSPS) is 40.7. The number of ether oxygens (including phenoxy) is 1. The number of nitriles is 1. The molecule has 0 aliphatic carbocycles. The smallest absolute Gasteiger partial charge is 0.329 e. The highest BCUT2D eigenvalue weighted by Crippen LogP contribution is 2.32. The van der Waals surface area contributed by atoms with Crippen molar-refractivity contribution >= 4 is 5.97 Å². The summed E-state index contributed by atoms with van der Waals surface area (Å²) in [5.41, 5.74) is -1.53. The van der Waals surface area contributed by atoms with Crippen molar-refractivity contribution in [2.24, 2.45) is 5.41 Å². The topological polar surface area (TPSA) is 90.6 Å². The molecule has 12 heavy (non-hydrogen) atoms. The summed E-state index contributed by atoms with van der Waals surface area (Å²) in [5.74, 6) is -0.781. The van der Waals surface area contributed by atoms with Crippen molar-refractivity contribution in [3.8, 4) is 6.07 Å². The van der Waals surface area contributed by atoms with Crippen molar-refractivity contribution in [3.63, 3.8) is 0 Å². The molecule has 0 aromatic rings.